The standard InChI is InChI=1S/C16H25N3O3S/c1-14(15-7-5-4-6-8-15)17(2)13-16(20)18-9-11-19(12-10-18)23(3,21)22/h4-8,14H,9-13H2,1-3H3/t14-/m1/s1. The molecule has 2 rings (SSSR count). The normalized spacial score (nSPS) is 18.2. The zero-order valence-corrected chi connectivity index (χ0v) is 14.8. The highest BCUT2D eigenvalue weighted by atomic mass is 32.2. The number of nitrogens with zero attached hydrogens (tertiary/aromatic N) is 3. The second-order valence-electron chi connectivity index (χ2n) is 6.04. The second kappa shape index (κ2) is 7.42. The third-order valence-corrected chi connectivity index (χ3v) is 5.69. The van der Waals surface area contributed by atoms with Gasteiger partial charge in [0.15, 0.2) is 0 Å². The van der Waals surface area contributed by atoms with E-state index in [-0.39, 0.29) is 11.9 Å². The van der Waals surface area contributed by atoms with Crippen LogP contribution in [0.4, 0.5) is 0 Å². The van der Waals surface area contributed by atoms with Gasteiger partial charge in [-0.25, -0.2) is 8.42 Å². The molecule has 128 valence electrons. The fraction of sp³-hybridized carbons (Fsp3) is 0.562. The van der Waals surface area contributed by atoms with E-state index in [9.17, 15) is 13.2 Å². The van der Waals surface area contributed by atoms with Crippen molar-refractivity contribution in [1.29, 1.82) is 0 Å². The molecule has 0 unspecified atom stereocenters. The molecule has 0 aliphatic carbocycles. The molecule has 1 heterocycles. The maximum absolute atomic E-state index is 12.4. The van der Waals surface area contributed by atoms with E-state index in [1.54, 1.807) is 4.90 Å². The van der Waals surface area contributed by atoms with E-state index in [1.807, 2.05) is 30.1 Å². The van der Waals surface area contributed by atoms with Gasteiger partial charge in [0, 0.05) is 32.2 Å². The quantitative estimate of drug-likeness (QED) is 0.795. The SMILES string of the molecule is C[C@H](c1ccccc1)N(C)CC(=O)N1CCN(S(C)(=O)=O)CC1. The smallest absolute Gasteiger partial charge is 0.236 e. The molecule has 23 heavy (non-hydrogen) atoms. The van der Waals surface area contributed by atoms with Crippen LogP contribution in [0.3, 0.4) is 0 Å². The Labute approximate surface area is 138 Å². The van der Waals surface area contributed by atoms with Gasteiger partial charge in [-0.15, -0.1) is 0 Å². The first kappa shape index (κ1) is 17.9. The van der Waals surface area contributed by atoms with Crippen LogP contribution in [0.15, 0.2) is 30.3 Å². The Morgan fingerprint density at radius 2 is 1.74 bits per heavy atom. The van der Waals surface area contributed by atoms with E-state index < -0.39 is 10.0 Å². The highest BCUT2D eigenvalue weighted by Crippen LogP contribution is 2.18. The van der Waals surface area contributed by atoms with Crippen molar-refractivity contribution in [2.75, 3.05) is 46.0 Å². The van der Waals surface area contributed by atoms with Crippen LogP contribution in [0.25, 0.3) is 0 Å². The number of rotatable bonds is 5. The van der Waals surface area contributed by atoms with Gasteiger partial charge in [-0.3, -0.25) is 9.69 Å². The average Bonchev–Trinajstić information content (AvgIpc) is 2.54. The third-order valence-electron chi connectivity index (χ3n) is 4.39. The maximum Gasteiger partial charge on any atom is 0.236 e. The van der Waals surface area contributed by atoms with E-state index in [0.717, 1.165) is 0 Å². The summed E-state index contributed by atoms with van der Waals surface area (Å²) in [6.45, 7) is 4.07. The molecule has 0 aromatic heterocycles. The summed E-state index contributed by atoms with van der Waals surface area (Å²) in [5.74, 6) is 0.0448. The van der Waals surface area contributed by atoms with E-state index in [4.69, 9.17) is 0 Å². The fourth-order valence-corrected chi connectivity index (χ4v) is 3.53. The van der Waals surface area contributed by atoms with Gasteiger partial charge >= 0.3 is 0 Å². The van der Waals surface area contributed by atoms with E-state index in [1.165, 1.54) is 16.1 Å². The Bertz CT molecular complexity index is 625. The highest BCUT2D eigenvalue weighted by molar-refractivity contribution is 7.88. The number of carbonyl (C=O) groups is 1. The lowest BCUT2D eigenvalue weighted by molar-refractivity contribution is -0.133. The molecule has 0 N–H and O–H groups in total. The molecule has 1 aromatic carbocycles. The fourth-order valence-electron chi connectivity index (χ4n) is 2.71. The molecule has 1 aromatic rings. The lowest BCUT2D eigenvalue weighted by Gasteiger charge is -2.35. The van der Waals surface area contributed by atoms with Crippen LogP contribution in [0.1, 0.15) is 18.5 Å². The summed E-state index contributed by atoms with van der Waals surface area (Å²) in [6.07, 6.45) is 1.21. The minimum atomic E-state index is -3.16. The van der Waals surface area contributed by atoms with Gasteiger partial charge in [-0.1, -0.05) is 30.3 Å². The maximum atomic E-state index is 12.4. The number of sulfonamides is 1. The summed E-state index contributed by atoms with van der Waals surface area (Å²) in [6, 6.07) is 10.2. The van der Waals surface area contributed by atoms with Gasteiger partial charge in [-0.2, -0.15) is 4.31 Å². The summed E-state index contributed by atoms with van der Waals surface area (Å²) in [5.41, 5.74) is 1.17. The zero-order chi connectivity index (χ0) is 17.0. The van der Waals surface area contributed by atoms with Crippen LogP contribution >= 0.6 is 0 Å². The molecule has 0 spiro atoms. The van der Waals surface area contributed by atoms with Gasteiger partial charge in [0.1, 0.15) is 0 Å². The Balaban J connectivity index is 1.88. The minimum Gasteiger partial charge on any atom is -0.339 e. The number of amides is 1. The monoisotopic (exact) mass is 339 g/mol. The van der Waals surface area contributed by atoms with Crippen molar-refractivity contribution in [2.45, 2.75) is 13.0 Å². The molecule has 1 aliphatic heterocycles. The van der Waals surface area contributed by atoms with Crippen LogP contribution in [-0.2, 0) is 14.8 Å². The molecule has 6 nitrogen and oxygen atoms in total. The Hall–Kier alpha value is -1.44. The average molecular weight is 339 g/mol. The molecule has 1 aliphatic rings. The summed E-state index contributed by atoms with van der Waals surface area (Å²) in [5, 5.41) is 0. The number of likely N-dealkylation sites (N-methyl/N-ethyl adjacent to an activating group) is 1. The third kappa shape index (κ3) is 4.76. The lowest BCUT2D eigenvalue weighted by atomic mass is 10.1. The number of hydrogen-bond donors (Lipinski definition) is 0. The van der Waals surface area contributed by atoms with Crippen molar-refractivity contribution in [3.8, 4) is 0 Å². The molecule has 0 bridgehead atoms. The Kier molecular flexibility index (Phi) is 5.78. The van der Waals surface area contributed by atoms with E-state index in [0.29, 0.717) is 32.7 Å². The Morgan fingerprint density at radius 3 is 2.26 bits per heavy atom. The molecular weight excluding hydrogens is 314 g/mol. The van der Waals surface area contributed by atoms with Gasteiger partial charge < -0.3 is 4.90 Å². The first-order valence-electron chi connectivity index (χ1n) is 7.77. The first-order valence-corrected chi connectivity index (χ1v) is 9.62. The molecule has 0 radical (unpaired) electrons. The Morgan fingerprint density at radius 1 is 1.17 bits per heavy atom. The molecular formula is C16H25N3O3S. The summed E-state index contributed by atoms with van der Waals surface area (Å²) in [4.78, 5) is 16.2. The molecule has 7 heteroatoms. The number of hydrogen-bond acceptors (Lipinski definition) is 4. The van der Waals surface area contributed by atoms with Gasteiger partial charge in [0.2, 0.25) is 15.9 Å². The topological polar surface area (TPSA) is 60.9 Å². The molecule has 1 saturated heterocycles. The zero-order valence-electron chi connectivity index (χ0n) is 14.0. The lowest BCUT2D eigenvalue weighted by Crippen LogP contribution is -2.52. The van der Waals surface area contributed by atoms with Crippen molar-refractivity contribution in [1.82, 2.24) is 14.1 Å². The number of piperazine rings is 1. The molecule has 1 fully saturated rings. The van der Waals surface area contributed by atoms with Gasteiger partial charge in [0.25, 0.3) is 0 Å². The molecule has 1 amide bonds. The van der Waals surface area contributed by atoms with Crippen LogP contribution in [0, 0.1) is 0 Å². The summed E-state index contributed by atoms with van der Waals surface area (Å²) < 4.78 is 24.4. The predicted octanol–water partition coefficient (Wildman–Crippen LogP) is 0.783. The number of carbonyl (C=O) groups excluding carboxylic acids is 1. The summed E-state index contributed by atoms with van der Waals surface area (Å²) >= 11 is 0. The van der Waals surface area contributed by atoms with Crippen molar-refractivity contribution >= 4 is 15.9 Å². The second-order valence-corrected chi connectivity index (χ2v) is 8.03. The van der Waals surface area contributed by atoms with Gasteiger partial charge in [0.05, 0.1) is 12.8 Å². The van der Waals surface area contributed by atoms with E-state index in [2.05, 4.69) is 19.1 Å². The van der Waals surface area contributed by atoms with Crippen LogP contribution in [0.5, 0.6) is 0 Å². The van der Waals surface area contributed by atoms with Gasteiger partial charge in [-0.05, 0) is 19.5 Å². The highest BCUT2D eigenvalue weighted by Gasteiger charge is 2.27. The van der Waals surface area contributed by atoms with Crippen molar-refractivity contribution in [3.63, 3.8) is 0 Å². The summed E-state index contributed by atoms with van der Waals surface area (Å²) in [7, 11) is -1.23. The largest absolute Gasteiger partial charge is 0.339 e. The first-order chi connectivity index (χ1) is 10.8. The molecule has 0 saturated carbocycles. The number of benzene rings is 1. The van der Waals surface area contributed by atoms with Crippen LogP contribution in [0.2, 0.25) is 0 Å². The van der Waals surface area contributed by atoms with Crippen molar-refractivity contribution in [2.24, 2.45) is 0 Å². The van der Waals surface area contributed by atoms with E-state index >= 15 is 0 Å². The van der Waals surface area contributed by atoms with Crippen LogP contribution < -0.4 is 0 Å². The minimum absolute atomic E-state index is 0.0448. The van der Waals surface area contributed by atoms with Crippen molar-refractivity contribution in [3.05, 3.63) is 35.9 Å². The molecule has 1 atom stereocenters. The predicted molar refractivity (Wildman–Crippen MR) is 90.5 cm³/mol. The van der Waals surface area contributed by atoms with Crippen LogP contribution in [-0.4, -0.2) is 74.5 Å². The van der Waals surface area contributed by atoms with Crippen molar-refractivity contribution < 1.29 is 13.2 Å².